The molecule has 1 atom stereocenters. The van der Waals surface area contributed by atoms with E-state index in [1.54, 1.807) is 4.90 Å². The number of amides is 1. The van der Waals surface area contributed by atoms with Crippen LogP contribution in [0.4, 0.5) is 0 Å². The van der Waals surface area contributed by atoms with Crippen LogP contribution in [0.15, 0.2) is 18.2 Å². The lowest BCUT2D eigenvalue weighted by Crippen LogP contribution is -2.38. The Bertz CT molecular complexity index is 576. The SMILES string of the molecule is Cc1ccc(C)c(OCCN(C)C(=O)CCN(C)[C@H]2CCN(C)C2)c1. The van der Waals surface area contributed by atoms with E-state index >= 15 is 0 Å². The van der Waals surface area contributed by atoms with Crippen LogP contribution in [0.25, 0.3) is 0 Å². The van der Waals surface area contributed by atoms with Crippen LogP contribution in [0.1, 0.15) is 24.0 Å². The Labute approximate surface area is 152 Å². The molecule has 2 rings (SSSR count). The molecule has 0 bridgehead atoms. The number of nitrogens with zero attached hydrogens (tertiary/aromatic N) is 3. The Morgan fingerprint density at radius 1 is 1.28 bits per heavy atom. The maximum atomic E-state index is 12.3. The van der Waals surface area contributed by atoms with Crippen LogP contribution in [0.2, 0.25) is 0 Å². The van der Waals surface area contributed by atoms with E-state index in [1.165, 1.54) is 12.0 Å². The lowest BCUT2D eigenvalue weighted by atomic mass is 10.1. The number of likely N-dealkylation sites (tertiary alicyclic amines) is 1. The van der Waals surface area contributed by atoms with E-state index in [0.29, 0.717) is 25.6 Å². The van der Waals surface area contributed by atoms with E-state index in [9.17, 15) is 4.79 Å². The maximum absolute atomic E-state index is 12.3. The van der Waals surface area contributed by atoms with Crippen molar-refractivity contribution in [2.24, 2.45) is 0 Å². The summed E-state index contributed by atoms with van der Waals surface area (Å²) in [4.78, 5) is 18.8. The molecule has 1 aromatic carbocycles. The summed E-state index contributed by atoms with van der Waals surface area (Å²) in [7, 11) is 6.14. The highest BCUT2D eigenvalue weighted by Crippen LogP contribution is 2.19. The number of aryl methyl sites for hydroxylation is 2. The molecule has 1 heterocycles. The summed E-state index contributed by atoms with van der Waals surface area (Å²) in [6, 6.07) is 6.77. The molecule has 140 valence electrons. The summed E-state index contributed by atoms with van der Waals surface area (Å²) in [6.45, 7) is 8.31. The lowest BCUT2D eigenvalue weighted by Gasteiger charge is -2.25. The third-order valence-electron chi connectivity index (χ3n) is 5.12. The zero-order valence-corrected chi connectivity index (χ0v) is 16.4. The molecule has 1 aliphatic heterocycles. The Balaban J connectivity index is 1.68. The summed E-state index contributed by atoms with van der Waals surface area (Å²) in [6.07, 6.45) is 1.76. The number of carbonyl (C=O) groups excluding carboxylic acids is 1. The normalized spacial score (nSPS) is 17.9. The Kier molecular flexibility index (Phi) is 7.26. The fraction of sp³-hybridized carbons (Fsp3) is 0.650. The van der Waals surface area contributed by atoms with Crippen LogP contribution in [-0.4, -0.2) is 80.6 Å². The molecular formula is C20H33N3O2. The number of benzene rings is 1. The van der Waals surface area contributed by atoms with Gasteiger partial charge in [-0.15, -0.1) is 0 Å². The standard InChI is InChI=1S/C20H33N3O2/c1-16-6-7-17(2)19(14-16)25-13-12-23(5)20(24)9-11-22(4)18-8-10-21(3)15-18/h6-7,14,18H,8-13,15H2,1-5H3/t18-/m0/s1. The molecule has 0 aliphatic carbocycles. The van der Waals surface area contributed by atoms with Gasteiger partial charge in [0.1, 0.15) is 12.4 Å². The van der Waals surface area contributed by atoms with Crippen molar-refractivity contribution in [3.63, 3.8) is 0 Å². The second-order valence-electron chi connectivity index (χ2n) is 7.37. The van der Waals surface area contributed by atoms with E-state index in [4.69, 9.17) is 4.74 Å². The summed E-state index contributed by atoms with van der Waals surface area (Å²) in [5.41, 5.74) is 2.31. The summed E-state index contributed by atoms with van der Waals surface area (Å²) >= 11 is 0. The van der Waals surface area contributed by atoms with Crippen LogP contribution in [0.5, 0.6) is 5.75 Å². The zero-order chi connectivity index (χ0) is 18.4. The van der Waals surface area contributed by atoms with Crippen molar-refractivity contribution in [3.05, 3.63) is 29.3 Å². The van der Waals surface area contributed by atoms with Gasteiger partial charge in [0.05, 0.1) is 6.54 Å². The molecule has 1 amide bonds. The van der Waals surface area contributed by atoms with Crippen LogP contribution in [-0.2, 0) is 4.79 Å². The van der Waals surface area contributed by atoms with E-state index in [1.807, 2.05) is 20.0 Å². The highest BCUT2D eigenvalue weighted by molar-refractivity contribution is 5.76. The minimum atomic E-state index is 0.183. The van der Waals surface area contributed by atoms with Crippen molar-refractivity contribution in [2.45, 2.75) is 32.7 Å². The Hall–Kier alpha value is -1.59. The number of carbonyl (C=O) groups is 1. The lowest BCUT2D eigenvalue weighted by molar-refractivity contribution is -0.130. The highest BCUT2D eigenvalue weighted by Gasteiger charge is 2.23. The topological polar surface area (TPSA) is 36.0 Å². The predicted octanol–water partition coefficient (Wildman–Crippen LogP) is 2.17. The number of hydrogen-bond acceptors (Lipinski definition) is 4. The predicted molar refractivity (Wildman–Crippen MR) is 102 cm³/mol. The number of ether oxygens (including phenoxy) is 1. The smallest absolute Gasteiger partial charge is 0.223 e. The highest BCUT2D eigenvalue weighted by atomic mass is 16.5. The number of rotatable bonds is 8. The van der Waals surface area contributed by atoms with E-state index in [0.717, 1.165) is 30.9 Å². The van der Waals surface area contributed by atoms with Crippen LogP contribution < -0.4 is 4.74 Å². The second kappa shape index (κ2) is 9.20. The summed E-state index contributed by atoms with van der Waals surface area (Å²) in [5, 5.41) is 0. The number of hydrogen-bond donors (Lipinski definition) is 0. The van der Waals surface area contributed by atoms with Gasteiger partial charge in [-0.05, 0) is 58.1 Å². The van der Waals surface area contributed by atoms with Gasteiger partial charge in [-0.25, -0.2) is 0 Å². The van der Waals surface area contributed by atoms with Crippen LogP contribution in [0.3, 0.4) is 0 Å². The fourth-order valence-electron chi connectivity index (χ4n) is 3.20. The molecule has 25 heavy (non-hydrogen) atoms. The van der Waals surface area contributed by atoms with Gasteiger partial charge in [0.25, 0.3) is 0 Å². The summed E-state index contributed by atoms with van der Waals surface area (Å²) in [5.74, 6) is 1.09. The van der Waals surface area contributed by atoms with Gasteiger partial charge in [0.15, 0.2) is 0 Å². The summed E-state index contributed by atoms with van der Waals surface area (Å²) < 4.78 is 5.85. The molecule has 0 N–H and O–H groups in total. The molecule has 1 saturated heterocycles. The van der Waals surface area contributed by atoms with E-state index in [2.05, 4.69) is 43.0 Å². The van der Waals surface area contributed by atoms with Gasteiger partial charge in [-0.3, -0.25) is 4.79 Å². The first kappa shape index (κ1) is 19.7. The molecule has 0 unspecified atom stereocenters. The molecule has 1 aliphatic rings. The minimum Gasteiger partial charge on any atom is -0.491 e. The van der Waals surface area contributed by atoms with Crippen LogP contribution in [0, 0.1) is 13.8 Å². The average molecular weight is 348 g/mol. The Morgan fingerprint density at radius 3 is 2.72 bits per heavy atom. The average Bonchev–Trinajstić information content (AvgIpc) is 3.01. The van der Waals surface area contributed by atoms with Crippen molar-refractivity contribution in [3.8, 4) is 5.75 Å². The van der Waals surface area contributed by atoms with Crippen molar-refractivity contribution < 1.29 is 9.53 Å². The third kappa shape index (κ3) is 6.01. The molecule has 5 heteroatoms. The van der Waals surface area contributed by atoms with Gasteiger partial charge in [0.2, 0.25) is 5.91 Å². The molecule has 1 fully saturated rings. The van der Waals surface area contributed by atoms with Gasteiger partial charge < -0.3 is 19.4 Å². The van der Waals surface area contributed by atoms with Gasteiger partial charge in [0, 0.05) is 32.6 Å². The minimum absolute atomic E-state index is 0.183. The quantitative estimate of drug-likeness (QED) is 0.722. The monoisotopic (exact) mass is 347 g/mol. The van der Waals surface area contributed by atoms with Gasteiger partial charge in [-0.1, -0.05) is 12.1 Å². The van der Waals surface area contributed by atoms with Crippen molar-refractivity contribution in [1.29, 1.82) is 0 Å². The molecule has 0 spiro atoms. The first-order valence-electron chi connectivity index (χ1n) is 9.19. The molecular weight excluding hydrogens is 314 g/mol. The van der Waals surface area contributed by atoms with E-state index in [-0.39, 0.29) is 5.91 Å². The maximum Gasteiger partial charge on any atom is 0.223 e. The van der Waals surface area contributed by atoms with E-state index < -0.39 is 0 Å². The largest absolute Gasteiger partial charge is 0.491 e. The van der Waals surface area contributed by atoms with Crippen LogP contribution >= 0.6 is 0 Å². The third-order valence-corrected chi connectivity index (χ3v) is 5.12. The van der Waals surface area contributed by atoms with Crippen molar-refractivity contribution in [1.82, 2.24) is 14.7 Å². The fourth-order valence-corrected chi connectivity index (χ4v) is 3.20. The molecule has 0 radical (unpaired) electrons. The zero-order valence-electron chi connectivity index (χ0n) is 16.4. The second-order valence-corrected chi connectivity index (χ2v) is 7.37. The van der Waals surface area contributed by atoms with Crippen molar-refractivity contribution in [2.75, 3.05) is 53.9 Å². The molecule has 0 aromatic heterocycles. The number of likely N-dealkylation sites (N-methyl/N-ethyl adjacent to an activating group) is 3. The van der Waals surface area contributed by atoms with Gasteiger partial charge in [-0.2, -0.15) is 0 Å². The molecule has 1 aromatic rings. The first-order chi connectivity index (χ1) is 11.9. The molecule has 5 nitrogen and oxygen atoms in total. The Morgan fingerprint density at radius 2 is 2.04 bits per heavy atom. The molecule has 0 saturated carbocycles. The van der Waals surface area contributed by atoms with Gasteiger partial charge >= 0.3 is 0 Å². The first-order valence-corrected chi connectivity index (χ1v) is 9.19. The van der Waals surface area contributed by atoms with Crippen molar-refractivity contribution >= 4 is 5.91 Å².